The molecule has 1 aliphatic heterocycles. The van der Waals surface area contributed by atoms with Crippen LogP contribution in [0.3, 0.4) is 0 Å². The van der Waals surface area contributed by atoms with Gasteiger partial charge in [0.1, 0.15) is 0 Å². The van der Waals surface area contributed by atoms with Crippen molar-refractivity contribution in [2.24, 2.45) is 5.92 Å². The molecule has 2 heteroatoms. The smallest absolute Gasteiger partial charge is 0.0580 e. The normalized spacial score (nSPS) is 33.1. The van der Waals surface area contributed by atoms with E-state index in [2.05, 4.69) is 35.2 Å². The fourth-order valence-corrected chi connectivity index (χ4v) is 3.56. The van der Waals surface area contributed by atoms with Crippen LogP contribution in [0.25, 0.3) is 0 Å². The SMILES string of the molecule is OC1CCCC1CN1CCC(c2ccccc2)C1. The minimum atomic E-state index is -0.0409. The first-order valence-corrected chi connectivity index (χ1v) is 7.28. The molecule has 0 aromatic heterocycles. The van der Waals surface area contributed by atoms with Gasteiger partial charge < -0.3 is 10.0 Å². The Labute approximate surface area is 110 Å². The van der Waals surface area contributed by atoms with Gasteiger partial charge in [0.15, 0.2) is 0 Å². The monoisotopic (exact) mass is 245 g/mol. The Hall–Kier alpha value is -0.860. The van der Waals surface area contributed by atoms with Crippen molar-refractivity contribution in [2.45, 2.75) is 37.7 Å². The van der Waals surface area contributed by atoms with Crippen molar-refractivity contribution in [3.05, 3.63) is 35.9 Å². The van der Waals surface area contributed by atoms with E-state index in [0.717, 1.165) is 13.0 Å². The van der Waals surface area contributed by atoms with Gasteiger partial charge in [0.25, 0.3) is 0 Å². The summed E-state index contributed by atoms with van der Waals surface area (Å²) in [4.78, 5) is 2.55. The van der Waals surface area contributed by atoms with Crippen LogP contribution in [0.4, 0.5) is 0 Å². The van der Waals surface area contributed by atoms with Crippen molar-refractivity contribution >= 4 is 0 Å². The lowest BCUT2D eigenvalue weighted by Gasteiger charge is -2.22. The Kier molecular flexibility index (Phi) is 3.67. The van der Waals surface area contributed by atoms with E-state index in [1.807, 2.05) is 0 Å². The Morgan fingerprint density at radius 1 is 1.11 bits per heavy atom. The van der Waals surface area contributed by atoms with E-state index in [-0.39, 0.29) is 6.10 Å². The average Bonchev–Trinajstić information content (AvgIpc) is 3.02. The third-order valence-corrected chi connectivity index (χ3v) is 4.66. The summed E-state index contributed by atoms with van der Waals surface area (Å²) in [7, 11) is 0. The van der Waals surface area contributed by atoms with Crippen molar-refractivity contribution in [3.8, 4) is 0 Å². The van der Waals surface area contributed by atoms with Gasteiger partial charge in [-0.3, -0.25) is 0 Å². The summed E-state index contributed by atoms with van der Waals surface area (Å²) < 4.78 is 0. The van der Waals surface area contributed by atoms with E-state index in [9.17, 15) is 5.11 Å². The standard InChI is InChI=1S/C16H23NO/c18-16-8-4-7-15(16)12-17-10-9-14(11-17)13-5-2-1-3-6-13/h1-3,5-6,14-16,18H,4,7-12H2. The summed E-state index contributed by atoms with van der Waals surface area (Å²) in [5.41, 5.74) is 1.48. The van der Waals surface area contributed by atoms with Crippen LogP contribution in [-0.2, 0) is 0 Å². The highest BCUT2D eigenvalue weighted by Crippen LogP contribution is 2.31. The molecular weight excluding hydrogens is 222 g/mol. The molecule has 1 N–H and O–H groups in total. The molecule has 0 radical (unpaired) electrons. The van der Waals surface area contributed by atoms with Crippen molar-refractivity contribution in [1.29, 1.82) is 0 Å². The van der Waals surface area contributed by atoms with E-state index < -0.39 is 0 Å². The second-order valence-electron chi connectivity index (χ2n) is 5.91. The third kappa shape index (κ3) is 2.60. The molecule has 18 heavy (non-hydrogen) atoms. The molecule has 1 heterocycles. The molecule has 0 spiro atoms. The minimum Gasteiger partial charge on any atom is -0.393 e. The Morgan fingerprint density at radius 3 is 2.67 bits per heavy atom. The van der Waals surface area contributed by atoms with Crippen LogP contribution < -0.4 is 0 Å². The van der Waals surface area contributed by atoms with Gasteiger partial charge >= 0.3 is 0 Å². The molecule has 1 saturated heterocycles. The maximum Gasteiger partial charge on any atom is 0.0580 e. The highest BCUT2D eigenvalue weighted by molar-refractivity contribution is 5.21. The first-order valence-electron chi connectivity index (χ1n) is 7.28. The zero-order valence-corrected chi connectivity index (χ0v) is 11.0. The molecule has 98 valence electrons. The molecule has 1 aromatic rings. The van der Waals surface area contributed by atoms with E-state index in [1.165, 1.54) is 37.9 Å². The lowest BCUT2D eigenvalue weighted by Crippen LogP contribution is -2.31. The van der Waals surface area contributed by atoms with Gasteiger partial charge in [-0.05, 0) is 43.2 Å². The van der Waals surface area contributed by atoms with Gasteiger partial charge in [-0.1, -0.05) is 36.8 Å². The summed E-state index contributed by atoms with van der Waals surface area (Å²) >= 11 is 0. The fraction of sp³-hybridized carbons (Fsp3) is 0.625. The Balaban J connectivity index is 1.55. The molecule has 3 rings (SSSR count). The van der Waals surface area contributed by atoms with Gasteiger partial charge in [0, 0.05) is 13.1 Å². The van der Waals surface area contributed by atoms with Gasteiger partial charge in [-0.2, -0.15) is 0 Å². The first-order chi connectivity index (χ1) is 8.83. The second kappa shape index (κ2) is 5.41. The summed E-state index contributed by atoms with van der Waals surface area (Å²) in [5, 5.41) is 9.91. The maximum absolute atomic E-state index is 9.91. The van der Waals surface area contributed by atoms with Crippen molar-refractivity contribution in [1.82, 2.24) is 4.90 Å². The summed E-state index contributed by atoms with van der Waals surface area (Å²) in [6, 6.07) is 10.9. The molecule has 2 fully saturated rings. The van der Waals surface area contributed by atoms with Crippen molar-refractivity contribution in [3.63, 3.8) is 0 Å². The quantitative estimate of drug-likeness (QED) is 0.885. The zero-order chi connectivity index (χ0) is 12.4. The van der Waals surface area contributed by atoms with Crippen LogP contribution in [0.5, 0.6) is 0 Å². The Morgan fingerprint density at radius 2 is 1.94 bits per heavy atom. The molecule has 3 atom stereocenters. The third-order valence-electron chi connectivity index (χ3n) is 4.66. The molecule has 1 saturated carbocycles. The molecule has 3 unspecified atom stereocenters. The number of nitrogens with zero attached hydrogens (tertiary/aromatic N) is 1. The van der Waals surface area contributed by atoms with Crippen LogP contribution >= 0.6 is 0 Å². The topological polar surface area (TPSA) is 23.5 Å². The minimum absolute atomic E-state index is 0.0409. The average molecular weight is 245 g/mol. The van der Waals surface area contributed by atoms with Crippen LogP contribution in [-0.4, -0.2) is 35.7 Å². The van der Waals surface area contributed by atoms with E-state index in [0.29, 0.717) is 11.8 Å². The van der Waals surface area contributed by atoms with E-state index >= 15 is 0 Å². The highest BCUT2D eigenvalue weighted by atomic mass is 16.3. The predicted octanol–water partition coefficient (Wildman–Crippen LogP) is 2.64. The number of hydrogen-bond acceptors (Lipinski definition) is 2. The van der Waals surface area contributed by atoms with Gasteiger partial charge in [0.05, 0.1) is 6.10 Å². The fourth-order valence-electron chi connectivity index (χ4n) is 3.56. The number of rotatable bonds is 3. The molecule has 0 amide bonds. The highest BCUT2D eigenvalue weighted by Gasteiger charge is 2.30. The molecule has 2 aliphatic rings. The first kappa shape index (κ1) is 12.2. The lowest BCUT2D eigenvalue weighted by atomic mass is 9.99. The number of likely N-dealkylation sites (tertiary alicyclic amines) is 1. The number of aliphatic hydroxyl groups excluding tert-OH is 1. The Bertz CT molecular complexity index is 378. The zero-order valence-electron chi connectivity index (χ0n) is 11.0. The van der Waals surface area contributed by atoms with Gasteiger partial charge in [0.2, 0.25) is 0 Å². The second-order valence-corrected chi connectivity index (χ2v) is 5.91. The molecule has 0 bridgehead atoms. The number of aliphatic hydroxyl groups is 1. The molecule has 2 nitrogen and oxygen atoms in total. The summed E-state index contributed by atoms with van der Waals surface area (Å²) in [5.74, 6) is 1.23. The van der Waals surface area contributed by atoms with Crippen LogP contribution in [0.2, 0.25) is 0 Å². The number of benzene rings is 1. The van der Waals surface area contributed by atoms with Crippen LogP contribution in [0.15, 0.2) is 30.3 Å². The van der Waals surface area contributed by atoms with Crippen molar-refractivity contribution in [2.75, 3.05) is 19.6 Å². The predicted molar refractivity (Wildman–Crippen MR) is 73.6 cm³/mol. The maximum atomic E-state index is 9.91. The number of hydrogen-bond donors (Lipinski definition) is 1. The molecular formula is C16H23NO. The van der Waals surface area contributed by atoms with Crippen molar-refractivity contribution < 1.29 is 5.11 Å². The van der Waals surface area contributed by atoms with E-state index in [4.69, 9.17) is 0 Å². The largest absolute Gasteiger partial charge is 0.393 e. The van der Waals surface area contributed by atoms with E-state index in [1.54, 1.807) is 0 Å². The lowest BCUT2D eigenvalue weighted by molar-refractivity contribution is 0.109. The summed E-state index contributed by atoms with van der Waals surface area (Å²) in [6.07, 6.45) is 4.67. The van der Waals surface area contributed by atoms with Gasteiger partial charge in [-0.15, -0.1) is 0 Å². The molecule has 1 aromatic carbocycles. The van der Waals surface area contributed by atoms with Gasteiger partial charge in [-0.25, -0.2) is 0 Å². The molecule has 1 aliphatic carbocycles. The van der Waals surface area contributed by atoms with Crippen LogP contribution in [0.1, 0.15) is 37.2 Å². The van der Waals surface area contributed by atoms with Crippen LogP contribution in [0, 0.1) is 5.92 Å². The summed E-state index contributed by atoms with van der Waals surface area (Å²) in [6.45, 7) is 3.47.